The fourth-order valence-electron chi connectivity index (χ4n) is 2.55. The molecule has 0 bridgehead atoms. The number of halogens is 1. The van der Waals surface area contributed by atoms with Crippen molar-refractivity contribution in [2.75, 3.05) is 32.1 Å². The highest BCUT2D eigenvalue weighted by molar-refractivity contribution is 9.10. The SMILES string of the molecule is CN(CCC(=O)NC(=O)Nc1ccc2c(c1)OCCO2)Cc1cc(Br)cs1. The predicted molar refractivity (Wildman–Crippen MR) is 108 cm³/mol. The molecule has 7 nitrogen and oxygen atoms in total. The van der Waals surface area contributed by atoms with E-state index in [0.717, 1.165) is 11.0 Å². The van der Waals surface area contributed by atoms with Gasteiger partial charge in [0.25, 0.3) is 0 Å². The standard InChI is InChI=1S/C18H20BrN3O4S/c1-22(10-14-8-12(19)11-27-14)5-4-17(23)21-18(24)20-13-2-3-15-16(9-13)26-7-6-25-15/h2-3,8-9,11H,4-7,10H2,1H3,(H2,20,21,23,24). The van der Waals surface area contributed by atoms with Gasteiger partial charge in [0.15, 0.2) is 11.5 Å². The first-order valence-corrected chi connectivity index (χ1v) is 10.1. The number of imide groups is 1. The van der Waals surface area contributed by atoms with Crippen molar-refractivity contribution >= 4 is 44.9 Å². The van der Waals surface area contributed by atoms with E-state index in [-0.39, 0.29) is 12.3 Å². The number of amides is 3. The summed E-state index contributed by atoms with van der Waals surface area (Å²) < 4.78 is 12.0. The maximum absolute atomic E-state index is 12.0. The Kier molecular flexibility index (Phi) is 6.70. The lowest BCUT2D eigenvalue weighted by Gasteiger charge is -2.19. The van der Waals surface area contributed by atoms with Crippen molar-refractivity contribution in [3.8, 4) is 11.5 Å². The largest absolute Gasteiger partial charge is 0.486 e. The van der Waals surface area contributed by atoms with Gasteiger partial charge in [0, 0.05) is 46.0 Å². The third-order valence-electron chi connectivity index (χ3n) is 3.82. The van der Waals surface area contributed by atoms with Gasteiger partial charge < -0.3 is 19.7 Å². The summed E-state index contributed by atoms with van der Waals surface area (Å²) in [7, 11) is 1.94. The fraction of sp³-hybridized carbons (Fsp3) is 0.333. The maximum Gasteiger partial charge on any atom is 0.325 e. The van der Waals surface area contributed by atoms with E-state index in [1.807, 2.05) is 17.3 Å². The van der Waals surface area contributed by atoms with E-state index in [1.165, 1.54) is 4.88 Å². The van der Waals surface area contributed by atoms with Crippen molar-refractivity contribution in [1.29, 1.82) is 0 Å². The summed E-state index contributed by atoms with van der Waals surface area (Å²) >= 11 is 5.09. The van der Waals surface area contributed by atoms with Gasteiger partial charge in [0.1, 0.15) is 13.2 Å². The van der Waals surface area contributed by atoms with Crippen molar-refractivity contribution in [2.45, 2.75) is 13.0 Å². The van der Waals surface area contributed by atoms with Crippen molar-refractivity contribution in [3.63, 3.8) is 0 Å². The van der Waals surface area contributed by atoms with Crippen molar-refractivity contribution < 1.29 is 19.1 Å². The molecule has 0 spiro atoms. The minimum absolute atomic E-state index is 0.234. The van der Waals surface area contributed by atoms with Crippen LogP contribution in [-0.2, 0) is 11.3 Å². The number of hydrogen-bond acceptors (Lipinski definition) is 6. The quantitative estimate of drug-likeness (QED) is 0.699. The van der Waals surface area contributed by atoms with Crippen LogP contribution in [0.4, 0.5) is 10.5 Å². The minimum atomic E-state index is -0.568. The van der Waals surface area contributed by atoms with E-state index in [2.05, 4.69) is 32.6 Å². The monoisotopic (exact) mass is 453 g/mol. The van der Waals surface area contributed by atoms with E-state index in [0.29, 0.717) is 36.9 Å². The molecule has 0 radical (unpaired) electrons. The molecule has 0 atom stereocenters. The fourth-order valence-corrected chi connectivity index (χ4v) is 4.08. The number of carbonyl (C=O) groups excluding carboxylic acids is 2. The Morgan fingerprint density at radius 3 is 2.74 bits per heavy atom. The van der Waals surface area contributed by atoms with E-state index in [1.54, 1.807) is 29.5 Å². The number of carbonyl (C=O) groups is 2. The summed E-state index contributed by atoms with van der Waals surface area (Å²) in [5.41, 5.74) is 0.532. The molecule has 0 saturated carbocycles. The summed E-state index contributed by atoms with van der Waals surface area (Å²) in [5.74, 6) is 0.889. The number of nitrogens with one attached hydrogen (secondary N) is 2. The van der Waals surface area contributed by atoms with Gasteiger partial charge in [-0.15, -0.1) is 11.3 Å². The van der Waals surface area contributed by atoms with E-state index < -0.39 is 6.03 Å². The van der Waals surface area contributed by atoms with Crippen LogP contribution >= 0.6 is 27.3 Å². The second kappa shape index (κ2) is 9.20. The Bertz CT molecular complexity index is 827. The molecule has 3 amide bonds. The number of ether oxygens (including phenoxy) is 2. The molecule has 1 aromatic heterocycles. The van der Waals surface area contributed by atoms with Crippen LogP contribution in [0.2, 0.25) is 0 Å². The zero-order valence-corrected chi connectivity index (χ0v) is 17.2. The van der Waals surface area contributed by atoms with E-state index >= 15 is 0 Å². The molecular weight excluding hydrogens is 434 g/mol. The van der Waals surface area contributed by atoms with E-state index in [4.69, 9.17) is 9.47 Å². The molecule has 2 aromatic rings. The van der Waals surface area contributed by atoms with Crippen LogP contribution in [-0.4, -0.2) is 43.6 Å². The first-order chi connectivity index (χ1) is 13.0. The van der Waals surface area contributed by atoms with Crippen LogP contribution in [0.15, 0.2) is 34.1 Å². The van der Waals surface area contributed by atoms with Crippen LogP contribution < -0.4 is 20.1 Å². The Morgan fingerprint density at radius 2 is 2.00 bits per heavy atom. The first-order valence-electron chi connectivity index (χ1n) is 8.41. The van der Waals surface area contributed by atoms with Gasteiger partial charge in [-0.3, -0.25) is 10.1 Å². The van der Waals surface area contributed by atoms with Crippen molar-refractivity contribution in [2.24, 2.45) is 0 Å². The summed E-state index contributed by atoms with van der Waals surface area (Å²) in [4.78, 5) is 27.2. The molecule has 1 aliphatic heterocycles. The highest BCUT2D eigenvalue weighted by Gasteiger charge is 2.14. The number of urea groups is 1. The van der Waals surface area contributed by atoms with Gasteiger partial charge in [-0.05, 0) is 41.2 Å². The van der Waals surface area contributed by atoms with Gasteiger partial charge in [0.05, 0.1) is 0 Å². The van der Waals surface area contributed by atoms with Gasteiger partial charge in [-0.2, -0.15) is 0 Å². The van der Waals surface area contributed by atoms with Crippen LogP contribution in [0, 0.1) is 0 Å². The van der Waals surface area contributed by atoms with Crippen LogP contribution in [0.25, 0.3) is 0 Å². The lowest BCUT2D eigenvalue weighted by atomic mass is 10.2. The Morgan fingerprint density at radius 1 is 1.22 bits per heavy atom. The molecule has 2 heterocycles. The van der Waals surface area contributed by atoms with Gasteiger partial charge in [-0.25, -0.2) is 4.79 Å². The summed E-state index contributed by atoms with van der Waals surface area (Å²) in [6.45, 7) is 2.29. The smallest absolute Gasteiger partial charge is 0.325 e. The lowest BCUT2D eigenvalue weighted by molar-refractivity contribution is -0.120. The zero-order chi connectivity index (χ0) is 19.2. The molecular formula is C18H20BrN3O4S. The topological polar surface area (TPSA) is 79.9 Å². The van der Waals surface area contributed by atoms with Crippen molar-refractivity contribution in [1.82, 2.24) is 10.2 Å². The van der Waals surface area contributed by atoms with Gasteiger partial charge in [0.2, 0.25) is 5.91 Å². The number of anilines is 1. The molecule has 1 aliphatic rings. The molecule has 2 N–H and O–H groups in total. The molecule has 0 fully saturated rings. The molecule has 144 valence electrons. The number of thiophene rings is 1. The summed E-state index contributed by atoms with van der Waals surface area (Å²) in [6.07, 6.45) is 0.234. The van der Waals surface area contributed by atoms with Crippen LogP contribution in [0.5, 0.6) is 11.5 Å². The third kappa shape index (κ3) is 5.95. The highest BCUT2D eigenvalue weighted by atomic mass is 79.9. The van der Waals surface area contributed by atoms with Crippen LogP contribution in [0.1, 0.15) is 11.3 Å². The number of rotatable bonds is 6. The normalized spacial score (nSPS) is 12.7. The average Bonchev–Trinajstić information content (AvgIpc) is 3.04. The molecule has 3 rings (SSSR count). The number of nitrogens with zero attached hydrogens (tertiary/aromatic N) is 1. The number of hydrogen-bond donors (Lipinski definition) is 2. The molecule has 27 heavy (non-hydrogen) atoms. The highest BCUT2D eigenvalue weighted by Crippen LogP contribution is 2.32. The molecule has 0 aliphatic carbocycles. The molecule has 9 heteroatoms. The Labute approximate surface area is 169 Å². The molecule has 1 aromatic carbocycles. The van der Waals surface area contributed by atoms with E-state index in [9.17, 15) is 9.59 Å². The van der Waals surface area contributed by atoms with Crippen LogP contribution in [0.3, 0.4) is 0 Å². The predicted octanol–water partition coefficient (Wildman–Crippen LogP) is 3.45. The van der Waals surface area contributed by atoms with Crippen molar-refractivity contribution in [3.05, 3.63) is 39.0 Å². The second-order valence-corrected chi connectivity index (χ2v) is 7.99. The average molecular weight is 454 g/mol. The first kappa shape index (κ1) is 19.7. The number of benzene rings is 1. The minimum Gasteiger partial charge on any atom is -0.486 e. The number of fused-ring (bicyclic) bond motifs is 1. The van der Waals surface area contributed by atoms with Gasteiger partial charge in [-0.1, -0.05) is 0 Å². The Hall–Kier alpha value is -2.10. The second-order valence-electron chi connectivity index (χ2n) is 6.08. The summed E-state index contributed by atoms with van der Waals surface area (Å²) in [5, 5.41) is 6.99. The molecule has 0 unspecified atom stereocenters. The third-order valence-corrected chi connectivity index (χ3v) is 5.50. The Balaban J connectivity index is 1.41. The van der Waals surface area contributed by atoms with Gasteiger partial charge >= 0.3 is 6.03 Å². The molecule has 0 saturated heterocycles. The zero-order valence-electron chi connectivity index (χ0n) is 14.8. The lowest BCUT2D eigenvalue weighted by Crippen LogP contribution is -2.36. The summed E-state index contributed by atoms with van der Waals surface area (Å²) in [6, 6.07) is 6.59. The maximum atomic E-state index is 12.0.